The van der Waals surface area contributed by atoms with Gasteiger partial charge in [0.1, 0.15) is 5.72 Å². The van der Waals surface area contributed by atoms with Crippen molar-refractivity contribution < 1.29 is 19.4 Å². The molecule has 2 fully saturated rings. The monoisotopic (exact) mass is 381 g/mol. The molecule has 1 unspecified atom stereocenters. The molecule has 124 valence electrons. The Morgan fingerprint density at radius 2 is 1.96 bits per heavy atom. The number of aliphatic carboxylic acids is 1. The summed E-state index contributed by atoms with van der Waals surface area (Å²) in [6.07, 6.45) is 3.25. The fraction of sp³-hybridized carbons (Fsp3) is 0.529. The first-order valence-corrected chi connectivity index (χ1v) is 8.69. The number of carboxylic acid groups (broad SMARTS) is 1. The SMILES string of the molecule is CC1CCC2(CC1)OCC(C(=O)O)N2C(=O)c1ccccc1Br. The summed E-state index contributed by atoms with van der Waals surface area (Å²) in [6.45, 7) is 2.23. The van der Waals surface area contributed by atoms with Gasteiger partial charge in [-0.05, 0) is 59.7 Å². The van der Waals surface area contributed by atoms with E-state index in [9.17, 15) is 14.7 Å². The predicted molar refractivity (Wildman–Crippen MR) is 88.1 cm³/mol. The minimum Gasteiger partial charge on any atom is -0.480 e. The van der Waals surface area contributed by atoms with E-state index < -0.39 is 17.7 Å². The average molecular weight is 382 g/mol. The molecule has 5 nitrogen and oxygen atoms in total. The highest BCUT2D eigenvalue weighted by Gasteiger charge is 2.53. The summed E-state index contributed by atoms with van der Waals surface area (Å²) in [5, 5.41) is 9.53. The van der Waals surface area contributed by atoms with E-state index in [1.165, 1.54) is 4.90 Å². The molecule has 1 aromatic rings. The van der Waals surface area contributed by atoms with Gasteiger partial charge in [0, 0.05) is 4.47 Å². The molecule has 0 radical (unpaired) electrons. The Kier molecular flexibility index (Phi) is 4.47. The van der Waals surface area contributed by atoms with Gasteiger partial charge in [0.25, 0.3) is 5.91 Å². The quantitative estimate of drug-likeness (QED) is 0.853. The molecular formula is C17H20BrNO4. The Balaban J connectivity index is 1.98. The summed E-state index contributed by atoms with van der Waals surface area (Å²) in [5.41, 5.74) is -0.302. The molecule has 0 aromatic heterocycles. The number of benzene rings is 1. The second kappa shape index (κ2) is 6.24. The van der Waals surface area contributed by atoms with Gasteiger partial charge in [-0.15, -0.1) is 0 Å². The van der Waals surface area contributed by atoms with Crippen LogP contribution in [0.5, 0.6) is 0 Å². The smallest absolute Gasteiger partial charge is 0.328 e. The van der Waals surface area contributed by atoms with E-state index in [0.29, 0.717) is 28.8 Å². The summed E-state index contributed by atoms with van der Waals surface area (Å²) in [6, 6.07) is 6.18. The Bertz CT molecular complexity index is 625. The highest BCUT2D eigenvalue weighted by Crippen LogP contribution is 2.43. The number of carboxylic acids is 1. The van der Waals surface area contributed by atoms with E-state index in [1.807, 2.05) is 6.07 Å². The molecule has 1 aromatic carbocycles. The summed E-state index contributed by atoms with van der Waals surface area (Å²) < 4.78 is 6.57. The van der Waals surface area contributed by atoms with Gasteiger partial charge in [-0.2, -0.15) is 0 Å². The van der Waals surface area contributed by atoms with E-state index in [-0.39, 0.29) is 12.5 Å². The standard InChI is InChI=1S/C17H20BrNO4/c1-11-6-8-17(9-7-11)19(14(10-23-17)16(21)22)15(20)12-4-2-3-5-13(12)18/h2-5,11,14H,6-10H2,1H3,(H,21,22). The number of ether oxygens (including phenoxy) is 1. The lowest BCUT2D eigenvalue weighted by Crippen LogP contribution is -2.55. The Morgan fingerprint density at radius 3 is 2.57 bits per heavy atom. The number of carbonyl (C=O) groups is 2. The van der Waals surface area contributed by atoms with Crippen LogP contribution in [0.15, 0.2) is 28.7 Å². The van der Waals surface area contributed by atoms with E-state index in [1.54, 1.807) is 18.2 Å². The lowest BCUT2D eigenvalue weighted by molar-refractivity contribution is -0.143. The third-order valence-corrected chi connectivity index (χ3v) is 5.62. The maximum Gasteiger partial charge on any atom is 0.328 e. The average Bonchev–Trinajstić information content (AvgIpc) is 2.90. The van der Waals surface area contributed by atoms with Gasteiger partial charge in [-0.3, -0.25) is 9.69 Å². The number of nitrogens with zero attached hydrogens (tertiary/aromatic N) is 1. The first kappa shape index (κ1) is 16.5. The fourth-order valence-electron chi connectivity index (χ4n) is 3.53. The van der Waals surface area contributed by atoms with Gasteiger partial charge in [0.05, 0.1) is 12.2 Å². The van der Waals surface area contributed by atoms with Gasteiger partial charge >= 0.3 is 5.97 Å². The second-order valence-electron chi connectivity index (χ2n) is 6.45. The van der Waals surface area contributed by atoms with E-state index in [2.05, 4.69) is 22.9 Å². The molecule has 1 spiro atoms. The third kappa shape index (κ3) is 2.90. The minimum absolute atomic E-state index is 0.0555. The summed E-state index contributed by atoms with van der Waals surface area (Å²) in [4.78, 5) is 26.2. The Morgan fingerprint density at radius 1 is 1.30 bits per heavy atom. The number of hydrogen-bond donors (Lipinski definition) is 1. The fourth-order valence-corrected chi connectivity index (χ4v) is 3.99. The molecule has 1 heterocycles. The number of halogens is 1. The van der Waals surface area contributed by atoms with Crippen LogP contribution in [0.1, 0.15) is 43.0 Å². The van der Waals surface area contributed by atoms with Crippen molar-refractivity contribution in [3.8, 4) is 0 Å². The minimum atomic E-state index is -1.01. The molecule has 1 amide bonds. The zero-order valence-corrected chi connectivity index (χ0v) is 14.6. The summed E-state index contributed by atoms with van der Waals surface area (Å²) >= 11 is 3.39. The maximum absolute atomic E-state index is 13.1. The number of hydrogen-bond acceptors (Lipinski definition) is 3. The first-order chi connectivity index (χ1) is 10.9. The number of amides is 1. The topological polar surface area (TPSA) is 66.8 Å². The molecule has 1 atom stereocenters. The molecule has 0 bridgehead atoms. The van der Waals surface area contributed by atoms with Crippen molar-refractivity contribution in [1.29, 1.82) is 0 Å². The lowest BCUT2D eigenvalue weighted by Gasteiger charge is -2.42. The molecule has 1 saturated heterocycles. The van der Waals surface area contributed by atoms with Crippen molar-refractivity contribution in [3.63, 3.8) is 0 Å². The Hall–Kier alpha value is -1.40. The predicted octanol–water partition coefficient (Wildman–Crippen LogP) is 3.28. The molecule has 1 N–H and O–H groups in total. The van der Waals surface area contributed by atoms with Crippen molar-refractivity contribution >= 4 is 27.8 Å². The molecule has 2 aliphatic rings. The zero-order valence-electron chi connectivity index (χ0n) is 13.0. The number of rotatable bonds is 2. The van der Waals surface area contributed by atoms with E-state index >= 15 is 0 Å². The van der Waals surface area contributed by atoms with E-state index in [0.717, 1.165) is 12.8 Å². The molecule has 1 saturated carbocycles. The highest BCUT2D eigenvalue weighted by atomic mass is 79.9. The lowest BCUT2D eigenvalue weighted by atomic mass is 9.83. The maximum atomic E-state index is 13.1. The largest absolute Gasteiger partial charge is 0.480 e. The van der Waals surface area contributed by atoms with Gasteiger partial charge < -0.3 is 9.84 Å². The van der Waals surface area contributed by atoms with Crippen molar-refractivity contribution in [1.82, 2.24) is 4.90 Å². The van der Waals surface area contributed by atoms with Crippen molar-refractivity contribution in [2.75, 3.05) is 6.61 Å². The van der Waals surface area contributed by atoms with Crippen LogP contribution < -0.4 is 0 Å². The van der Waals surface area contributed by atoms with Crippen LogP contribution in [0, 0.1) is 5.92 Å². The molecule has 23 heavy (non-hydrogen) atoms. The van der Waals surface area contributed by atoms with Gasteiger partial charge in [0.2, 0.25) is 0 Å². The van der Waals surface area contributed by atoms with Crippen LogP contribution in [-0.2, 0) is 9.53 Å². The van der Waals surface area contributed by atoms with Crippen molar-refractivity contribution in [2.24, 2.45) is 5.92 Å². The van der Waals surface area contributed by atoms with Crippen LogP contribution in [0.4, 0.5) is 0 Å². The molecule has 6 heteroatoms. The highest BCUT2D eigenvalue weighted by molar-refractivity contribution is 9.10. The van der Waals surface area contributed by atoms with Gasteiger partial charge in [-0.1, -0.05) is 19.1 Å². The summed E-state index contributed by atoms with van der Waals surface area (Å²) in [5.74, 6) is -0.716. The van der Waals surface area contributed by atoms with Crippen LogP contribution in [-0.4, -0.2) is 40.3 Å². The van der Waals surface area contributed by atoms with Crippen LogP contribution in [0.2, 0.25) is 0 Å². The second-order valence-corrected chi connectivity index (χ2v) is 7.30. The van der Waals surface area contributed by atoms with Gasteiger partial charge in [-0.25, -0.2) is 4.79 Å². The van der Waals surface area contributed by atoms with Crippen LogP contribution in [0.25, 0.3) is 0 Å². The summed E-state index contributed by atoms with van der Waals surface area (Å²) in [7, 11) is 0. The van der Waals surface area contributed by atoms with Crippen LogP contribution in [0.3, 0.4) is 0 Å². The molecule has 1 aliphatic carbocycles. The normalized spacial score (nSPS) is 30.6. The van der Waals surface area contributed by atoms with Crippen LogP contribution >= 0.6 is 15.9 Å². The Labute approximate surface area is 143 Å². The van der Waals surface area contributed by atoms with Gasteiger partial charge in [0.15, 0.2) is 6.04 Å². The first-order valence-electron chi connectivity index (χ1n) is 7.89. The van der Waals surface area contributed by atoms with E-state index in [4.69, 9.17) is 4.74 Å². The molecular weight excluding hydrogens is 362 g/mol. The molecule has 3 rings (SSSR count). The third-order valence-electron chi connectivity index (χ3n) is 4.92. The van der Waals surface area contributed by atoms with Crippen molar-refractivity contribution in [2.45, 2.75) is 44.4 Å². The molecule has 1 aliphatic heterocycles. The van der Waals surface area contributed by atoms with Crippen molar-refractivity contribution in [3.05, 3.63) is 34.3 Å². The number of carbonyl (C=O) groups excluding carboxylic acids is 1. The zero-order chi connectivity index (χ0) is 16.6.